The van der Waals surface area contributed by atoms with Gasteiger partial charge in [-0.15, -0.1) is 0 Å². The molecule has 0 heterocycles. The first kappa shape index (κ1) is 16.3. The average molecular weight is 293 g/mol. The Morgan fingerprint density at radius 2 is 2.10 bits per heavy atom. The van der Waals surface area contributed by atoms with Gasteiger partial charge in [0.15, 0.2) is 0 Å². The Balaban J connectivity index is 2.02. The van der Waals surface area contributed by atoms with Crippen LogP contribution in [0.3, 0.4) is 0 Å². The number of nitrogens with zero attached hydrogens (tertiary/aromatic N) is 1. The maximum atomic E-state index is 13.4. The number of rotatable bonds is 6. The second-order valence-electron chi connectivity index (χ2n) is 6.31. The van der Waals surface area contributed by atoms with Gasteiger partial charge < -0.3 is 10.0 Å². The lowest BCUT2D eigenvalue weighted by atomic mass is 9.77. The topological polar surface area (TPSA) is 23.5 Å². The van der Waals surface area contributed by atoms with Gasteiger partial charge in [0.2, 0.25) is 0 Å². The van der Waals surface area contributed by atoms with E-state index >= 15 is 0 Å². The molecule has 3 heteroatoms. The van der Waals surface area contributed by atoms with Gasteiger partial charge in [0, 0.05) is 24.7 Å². The third-order valence-corrected chi connectivity index (χ3v) is 4.76. The maximum Gasteiger partial charge on any atom is 0.125 e. The van der Waals surface area contributed by atoms with Crippen LogP contribution in [0, 0.1) is 17.7 Å². The van der Waals surface area contributed by atoms with Crippen molar-refractivity contribution in [3.8, 4) is 0 Å². The Labute approximate surface area is 128 Å². The smallest absolute Gasteiger partial charge is 0.125 e. The fourth-order valence-electron chi connectivity index (χ4n) is 3.58. The van der Waals surface area contributed by atoms with Crippen LogP contribution in [0.4, 0.5) is 10.1 Å². The van der Waals surface area contributed by atoms with Crippen molar-refractivity contribution in [2.45, 2.75) is 52.1 Å². The normalized spacial score (nSPS) is 25.8. The number of hydrogen-bond acceptors (Lipinski definition) is 2. The fraction of sp³-hybridized carbons (Fsp3) is 0.667. The number of hydrogen-bond donors (Lipinski definition) is 1. The molecule has 1 saturated carbocycles. The van der Waals surface area contributed by atoms with Gasteiger partial charge in [0.25, 0.3) is 0 Å². The zero-order chi connectivity index (χ0) is 15.2. The Morgan fingerprint density at radius 3 is 2.76 bits per heavy atom. The van der Waals surface area contributed by atoms with Crippen molar-refractivity contribution in [1.82, 2.24) is 0 Å². The van der Waals surface area contributed by atoms with Crippen LogP contribution in [0.2, 0.25) is 0 Å². The first-order valence-electron chi connectivity index (χ1n) is 8.32. The van der Waals surface area contributed by atoms with Gasteiger partial charge >= 0.3 is 0 Å². The first-order chi connectivity index (χ1) is 10.1. The molecule has 1 fully saturated rings. The summed E-state index contributed by atoms with van der Waals surface area (Å²) in [6.07, 6.45) is 5.43. The standard InChI is InChI=1S/C18H28FNO/c1-3-6-14-9-10-18(21)15(11-14)13-20(4-2)17-8-5-7-16(19)12-17/h5,7-8,12,14-15,18,21H,3-4,6,9-11,13H2,1-2H3. The van der Waals surface area contributed by atoms with Gasteiger partial charge in [-0.05, 0) is 50.3 Å². The molecule has 2 rings (SSSR count). The van der Waals surface area contributed by atoms with Crippen LogP contribution in [0.5, 0.6) is 0 Å². The van der Waals surface area contributed by atoms with Gasteiger partial charge in [-0.3, -0.25) is 0 Å². The van der Waals surface area contributed by atoms with E-state index in [1.165, 1.54) is 18.9 Å². The molecule has 2 nitrogen and oxygen atoms in total. The SMILES string of the molecule is CCCC1CCC(O)C(CN(CC)c2cccc(F)c2)C1. The molecule has 1 N–H and O–H groups in total. The monoisotopic (exact) mass is 293 g/mol. The quantitative estimate of drug-likeness (QED) is 0.848. The van der Waals surface area contributed by atoms with Gasteiger partial charge in [-0.1, -0.05) is 25.8 Å². The van der Waals surface area contributed by atoms with E-state index in [4.69, 9.17) is 0 Å². The summed E-state index contributed by atoms with van der Waals surface area (Å²) in [7, 11) is 0. The summed E-state index contributed by atoms with van der Waals surface area (Å²) in [6.45, 7) is 5.97. The maximum absolute atomic E-state index is 13.4. The molecule has 21 heavy (non-hydrogen) atoms. The molecule has 0 radical (unpaired) electrons. The minimum Gasteiger partial charge on any atom is -0.393 e. The zero-order valence-electron chi connectivity index (χ0n) is 13.3. The Morgan fingerprint density at radius 1 is 1.29 bits per heavy atom. The number of aliphatic hydroxyl groups is 1. The summed E-state index contributed by atoms with van der Waals surface area (Å²) in [5, 5.41) is 10.3. The third kappa shape index (κ3) is 4.44. The largest absolute Gasteiger partial charge is 0.393 e. The molecule has 0 aliphatic heterocycles. The number of benzene rings is 1. The van der Waals surface area contributed by atoms with Crippen molar-refractivity contribution in [1.29, 1.82) is 0 Å². The van der Waals surface area contributed by atoms with Crippen molar-refractivity contribution in [2.24, 2.45) is 11.8 Å². The minimum atomic E-state index is -0.208. The lowest BCUT2D eigenvalue weighted by molar-refractivity contribution is 0.0495. The van der Waals surface area contributed by atoms with Gasteiger partial charge in [0.05, 0.1) is 6.10 Å². The zero-order valence-corrected chi connectivity index (χ0v) is 13.3. The van der Waals surface area contributed by atoms with Crippen molar-refractivity contribution < 1.29 is 9.50 Å². The molecule has 0 aromatic heterocycles. The Kier molecular flexibility index (Phi) is 6.04. The van der Waals surface area contributed by atoms with Crippen LogP contribution in [-0.4, -0.2) is 24.3 Å². The first-order valence-corrected chi connectivity index (χ1v) is 8.32. The number of anilines is 1. The van der Waals surface area contributed by atoms with Crippen LogP contribution >= 0.6 is 0 Å². The van der Waals surface area contributed by atoms with Crippen LogP contribution < -0.4 is 4.90 Å². The lowest BCUT2D eigenvalue weighted by Crippen LogP contribution is -2.39. The molecule has 0 spiro atoms. The summed E-state index contributed by atoms with van der Waals surface area (Å²) >= 11 is 0. The molecule has 0 bridgehead atoms. The average Bonchev–Trinajstić information content (AvgIpc) is 2.48. The molecule has 0 saturated heterocycles. The molecule has 1 aliphatic rings. The second kappa shape index (κ2) is 7.79. The van der Waals surface area contributed by atoms with E-state index in [1.54, 1.807) is 12.1 Å². The number of aliphatic hydroxyl groups excluding tert-OH is 1. The van der Waals surface area contributed by atoms with Gasteiger partial charge in [-0.25, -0.2) is 4.39 Å². The molecule has 1 aromatic rings. The van der Waals surface area contributed by atoms with Crippen LogP contribution in [-0.2, 0) is 0 Å². The van der Waals surface area contributed by atoms with Crippen LogP contribution in [0.1, 0.15) is 46.0 Å². The molecule has 3 unspecified atom stereocenters. The predicted molar refractivity (Wildman–Crippen MR) is 86.0 cm³/mol. The Bertz CT molecular complexity index is 437. The summed E-state index contributed by atoms with van der Waals surface area (Å²) in [6, 6.07) is 6.77. The Hall–Kier alpha value is -1.09. The number of halogens is 1. The highest BCUT2D eigenvalue weighted by atomic mass is 19.1. The highest BCUT2D eigenvalue weighted by Crippen LogP contribution is 2.33. The third-order valence-electron chi connectivity index (χ3n) is 4.76. The van der Waals surface area contributed by atoms with Gasteiger partial charge in [-0.2, -0.15) is 0 Å². The van der Waals surface area contributed by atoms with Crippen molar-refractivity contribution in [3.05, 3.63) is 30.1 Å². The molecule has 1 aliphatic carbocycles. The van der Waals surface area contributed by atoms with Crippen molar-refractivity contribution in [2.75, 3.05) is 18.0 Å². The van der Waals surface area contributed by atoms with E-state index in [2.05, 4.69) is 18.7 Å². The van der Waals surface area contributed by atoms with Crippen molar-refractivity contribution >= 4 is 5.69 Å². The van der Waals surface area contributed by atoms with E-state index in [1.807, 2.05) is 6.07 Å². The molecule has 1 aromatic carbocycles. The summed E-state index contributed by atoms with van der Waals surface area (Å²) in [5.41, 5.74) is 0.919. The van der Waals surface area contributed by atoms with E-state index in [0.29, 0.717) is 5.92 Å². The fourth-order valence-corrected chi connectivity index (χ4v) is 3.58. The van der Waals surface area contributed by atoms with E-state index in [9.17, 15) is 9.50 Å². The highest BCUT2D eigenvalue weighted by Gasteiger charge is 2.30. The molecule has 118 valence electrons. The molecular weight excluding hydrogens is 265 g/mol. The summed E-state index contributed by atoms with van der Waals surface area (Å²) < 4.78 is 13.4. The molecular formula is C18H28FNO. The predicted octanol–water partition coefficient (Wildman–Crippen LogP) is 4.23. The van der Waals surface area contributed by atoms with E-state index in [0.717, 1.165) is 44.0 Å². The summed E-state index contributed by atoms with van der Waals surface area (Å²) in [5.74, 6) is 0.854. The molecule has 3 atom stereocenters. The minimum absolute atomic E-state index is 0.195. The van der Waals surface area contributed by atoms with E-state index < -0.39 is 0 Å². The second-order valence-corrected chi connectivity index (χ2v) is 6.31. The lowest BCUT2D eigenvalue weighted by Gasteiger charge is -2.37. The van der Waals surface area contributed by atoms with Crippen LogP contribution in [0.25, 0.3) is 0 Å². The highest BCUT2D eigenvalue weighted by molar-refractivity contribution is 5.46. The molecule has 0 amide bonds. The van der Waals surface area contributed by atoms with Gasteiger partial charge in [0.1, 0.15) is 5.82 Å². The van der Waals surface area contributed by atoms with Crippen LogP contribution in [0.15, 0.2) is 24.3 Å². The van der Waals surface area contributed by atoms with Crippen molar-refractivity contribution in [3.63, 3.8) is 0 Å². The summed E-state index contributed by atoms with van der Waals surface area (Å²) in [4.78, 5) is 2.19. The van der Waals surface area contributed by atoms with E-state index in [-0.39, 0.29) is 11.9 Å².